The number of benzene rings is 2. The Balaban J connectivity index is 2.06. The highest BCUT2D eigenvalue weighted by molar-refractivity contribution is 7.98. The first-order chi connectivity index (χ1) is 9.06. The van der Waals surface area contributed by atoms with Gasteiger partial charge >= 0.3 is 0 Å². The molecule has 0 heterocycles. The maximum atomic E-state index is 12.7. The Morgan fingerprint density at radius 2 is 1.89 bits per heavy atom. The molecule has 0 spiro atoms. The van der Waals surface area contributed by atoms with Crippen molar-refractivity contribution in [2.75, 3.05) is 5.73 Å². The van der Waals surface area contributed by atoms with Crippen molar-refractivity contribution in [3.05, 3.63) is 64.0 Å². The lowest BCUT2D eigenvalue weighted by atomic mass is 10.2. The summed E-state index contributed by atoms with van der Waals surface area (Å²) in [4.78, 5) is 11.1. The van der Waals surface area contributed by atoms with Crippen LogP contribution in [0, 0.1) is 15.9 Å². The monoisotopic (exact) mass is 278 g/mol. The molecule has 19 heavy (non-hydrogen) atoms. The zero-order valence-corrected chi connectivity index (χ0v) is 10.7. The number of halogens is 1. The van der Waals surface area contributed by atoms with Crippen LogP contribution in [-0.2, 0) is 5.75 Å². The minimum atomic E-state index is -0.508. The molecule has 4 nitrogen and oxygen atoms in total. The van der Waals surface area contributed by atoms with Gasteiger partial charge in [0.2, 0.25) is 0 Å². The Morgan fingerprint density at radius 3 is 2.47 bits per heavy atom. The third-order valence-corrected chi connectivity index (χ3v) is 3.59. The predicted octanol–water partition coefficient (Wildman–Crippen LogP) is 3.61. The van der Waals surface area contributed by atoms with E-state index in [4.69, 9.17) is 5.73 Å². The van der Waals surface area contributed by atoms with E-state index >= 15 is 0 Å². The average Bonchev–Trinajstić information content (AvgIpc) is 2.37. The summed E-state index contributed by atoms with van der Waals surface area (Å²) in [7, 11) is 0. The van der Waals surface area contributed by atoms with Crippen molar-refractivity contribution < 1.29 is 9.31 Å². The van der Waals surface area contributed by atoms with E-state index in [1.54, 1.807) is 24.3 Å². The van der Waals surface area contributed by atoms with Crippen LogP contribution in [0.1, 0.15) is 5.56 Å². The number of hydrogen-bond acceptors (Lipinski definition) is 4. The predicted molar refractivity (Wildman–Crippen MR) is 73.5 cm³/mol. The van der Waals surface area contributed by atoms with E-state index < -0.39 is 4.92 Å². The van der Waals surface area contributed by atoms with E-state index in [1.807, 2.05) is 0 Å². The van der Waals surface area contributed by atoms with Crippen LogP contribution in [0.25, 0.3) is 0 Å². The van der Waals surface area contributed by atoms with Crippen molar-refractivity contribution in [3.8, 4) is 0 Å². The van der Waals surface area contributed by atoms with E-state index in [1.165, 1.54) is 30.0 Å². The van der Waals surface area contributed by atoms with Gasteiger partial charge in [0.1, 0.15) is 11.5 Å². The van der Waals surface area contributed by atoms with Gasteiger partial charge in [0, 0.05) is 16.7 Å². The molecule has 0 saturated carbocycles. The quantitative estimate of drug-likeness (QED) is 0.401. The van der Waals surface area contributed by atoms with Crippen LogP contribution >= 0.6 is 11.8 Å². The first kappa shape index (κ1) is 13.4. The smallest absolute Gasteiger partial charge is 0.292 e. The van der Waals surface area contributed by atoms with Crippen LogP contribution in [0.4, 0.5) is 15.8 Å². The molecule has 0 saturated heterocycles. The molecule has 0 fully saturated rings. The summed E-state index contributed by atoms with van der Waals surface area (Å²) >= 11 is 1.51. The molecule has 98 valence electrons. The van der Waals surface area contributed by atoms with Crippen molar-refractivity contribution in [2.45, 2.75) is 10.6 Å². The summed E-state index contributed by atoms with van der Waals surface area (Å²) in [6.45, 7) is 0. The second-order valence-corrected chi connectivity index (χ2v) is 4.94. The fourth-order valence-corrected chi connectivity index (χ4v) is 2.40. The molecule has 0 aliphatic heterocycles. The second-order valence-electron chi connectivity index (χ2n) is 3.89. The van der Waals surface area contributed by atoms with Crippen molar-refractivity contribution in [1.82, 2.24) is 0 Å². The summed E-state index contributed by atoms with van der Waals surface area (Å²) in [6, 6.07) is 10.8. The summed E-state index contributed by atoms with van der Waals surface area (Å²) in [5, 5.41) is 10.6. The zero-order chi connectivity index (χ0) is 13.8. The van der Waals surface area contributed by atoms with Gasteiger partial charge < -0.3 is 5.73 Å². The van der Waals surface area contributed by atoms with Crippen molar-refractivity contribution >= 4 is 23.1 Å². The number of anilines is 1. The molecule has 2 N–H and O–H groups in total. The molecule has 2 rings (SSSR count). The van der Waals surface area contributed by atoms with Gasteiger partial charge in [-0.05, 0) is 35.9 Å². The molecule has 0 unspecified atom stereocenters. The Kier molecular flexibility index (Phi) is 4.01. The van der Waals surface area contributed by atoms with Crippen LogP contribution in [0.5, 0.6) is 0 Å². The molecule has 0 aliphatic carbocycles. The summed E-state index contributed by atoms with van der Waals surface area (Å²) in [6.07, 6.45) is 0. The van der Waals surface area contributed by atoms with E-state index in [0.29, 0.717) is 5.75 Å². The second kappa shape index (κ2) is 5.71. The Morgan fingerprint density at radius 1 is 1.21 bits per heavy atom. The highest BCUT2D eigenvalue weighted by atomic mass is 32.2. The molecule has 0 amide bonds. The van der Waals surface area contributed by atoms with Gasteiger partial charge in [0.25, 0.3) is 5.69 Å². The van der Waals surface area contributed by atoms with Crippen LogP contribution in [-0.4, -0.2) is 4.92 Å². The average molecular weight is 278 g/mol. The molecule has 0 aliphatic rings. The number of rotatable bonds is 4. The van der Waals surface area contributed by atoms with Gasteiger partial charge in [-0.3, -0.25) is 10.1 Å². The normalized spacial score (nSPS) is 10.4. The van der Waals surface area contributed by atoms with Crippen LogP contribution in [0.15, 0.2) is 47.4 Å². The van der Waals surface area contributed by atoms with Gasteiger partial charge in [-0.15, -0.1) is 11.8 Å². The van der Waals surface area contributed by atoms with Crippen LogP contribution in [0.2, 0.25) is 0 Å². The topological polar surface area (TPSA) is 69.2 Å². The Labute approximate surface area is 113 Å². The standard InChI is InChI=1S/C13H11FN2O2S/c14-10-2-4-11(5-3-10)19-8-9-1-6-13(16(17)18)12(15)7-9/h1-7H,8,15H2. The van der Waals surface area contributed by atoms with E-state index in [0.717, 1.165) is 10.5 Å². The molecule has 2 aromatic carbocycles. The number of thioether (sulfide) groups is 1. The molecule has 0 radical (unpaired) electrons. The lowest BCUT2D eigenvalue weighted by molar-refractivity contribution is -0.383. The molecule has 6 heteroatoms. The van der Waals surface area contributed by atoms with Gasteiger partial charge in [0.05, 0.1) is 4.92 Å². The molecule has 0 bridgehead atoms. The number of nitrogen functional groups attached to an aromatic ring is 1. The summed E-state index contributed by atoms with van der Waals surface area (Å²) in [5.41, 5.74) is 6.56. The van der Waals surface area contributed by atoms with Gasteiger partial charge in [-0.2, -0.15) is 0 Å². The third kappa shape index (κ3) is 3.45. The van der Waals surface area contributed by atoms with E-state index in [2.05, 4.69) is 0 Å². The third-order valence-electron chi connectivity index (χ3n) is 2.51. The molecular weight excluding hydrogens is 267 g/mol. The van der Waals surface area contributed by atoms with Crippen molar-refractivity contribution in [3.63, 3.8) is 0 Å². The maximum Gasteiger partial charge on any atom is 0.292 e. The first-order valence-electron chi connectivity index (χ1n) is 5.47. The number of hydrogen-bond donors (Lipinski definition) is 1. The number of nitro groups is 1. The Bertz CT molecular complexity index is 602. The molecule has 0 aromatic heterocycles. The molecular formula is C13H11FN2O2S. The van der Waals surface area contributed by atoms with Gasteiger partial charge in [-0.1, -0.05) is 6.07 Å². The number of nitrogens with two attached hydrogens (primary N) is 1. The highest BCUT2D eigenvalue weighted by Gasteiger charge is 2.11. The van der Waals surface area contributed by atoms with Crippen molar-refractivity contribution in [2.24, 2.45) is 0 Å². The lowest BCUT2D eigenvalue weighted by Gasteiger charge is -2.04. The number of nitrogens with zero attached hydrogens (tertiary/aromatic N) is 1. The molecule has 2 aromatic rings. The van der Waals surface area contributed by atoms with Crippen LogP contribution in [0.3, 0.4) is 0 Å². The van der Waals surface area contributed by atoms with Crippen LogP contribution < -0.4 is 5.73 Å². The Hall–Kier alpha value is -2.08. The van der Waals surface area contributed by atoms with E-state index in [9.17, 15) is 14.5 Å². The van der Waals surface area contributed by atoms with Gasteiger partial charge in [-0.25, -0.2) is 4.39 Å². The highest BCUT2D eigenvalue weighted by Crippen LogP contribution is 2.27. The van der Waals surface area contributed by atoms with E-state index in [-0.39, 0.29) is 17.2 Å². The maximum absolute atomic E-state index is 12.7. The zero-order valence-electron chi connectivity index (χ0n) is 9.88. The summed E-state index contributed by atoms with van der Waals surface area (Å²) < 4.78 is 12.7. The minimum Gasteiger partial charge on any atom is -0.393 e. The lowest BCUT2D eigenvalue weighted by Crippen LogP contribution is -1.96. The minimum absolute atomic E-state index is 0.0875. The summed E-state index contributed by atoms with van der Waals surface area (Å²) in [5.74, 6) is 0.345. The first-order valence-corrected chi connectivity index (χ1v) is 6.46. The molecule has 0 atom stereocenters. The van der Waals surface area contributed by atoms with Crippen molar-refractivity contribution in [1.29, 1.82) is 0 Å². The fourth-order valence-electron chi connectivity index (χ4n) is 1.56. The van der Waals surface area contributed by atoms with Gasteiger partial charge in [0.15, 0.2) is 0 Å². The largest absolute Gasteiger partial charge is 0.393 e. The number of nitro benzene ring substituents is 1. The fraction of sp³-hybridized carbons (Fsp3) is 0.0769. The SMILES string of the molecule is Nc1cc(CSc2ccc(F)cc2)ccc1[N+](=O)[O-].